The number of hydrogen-bond donors (Lipinski definition) is 3. The third-order valence-electron chi connectivity index (χ3n) is 3.12. The Morgan fingerprint density at radius 3 is 2.83 bits per heavy atom. The average Bonchev–Trinajstić information content (AvgIpc) is 2.94. The minimum absolute atomic E-state index is 0.136. The number of hydrogen-bond acceptors (Lipinski definition) is 2. The largest absolute Gasteiger partial charge is 0.508 e. The van der Waals surface area contributed by atoms with Crippen LogP contribution in [0.1, 0.15) is 18.2 Å². The lowest BCUT2D eigenvalue weighted by molar-refractivity contribution is -0.110. The number of allylic oxidation sites excluding steroid dienone is 1. The normalized spacial score (nSPS) is 16.4. The number of carbonyl (C=O) groups excluding carboxylic acids is 1. The fourth-order valence-electron chi connectivity index (χ4n) is 2.23. The fraction of sp³-hybridized carbons (Fsp3) is 0.0714. The lowest BCUT2D eigenvalue weighted by Gasteiger charge is -2.04. The molecule has 0 radical (unpaired) electrons. The van der Waals surface area contributed by atoms with E-state index in [4.69, 9.17) is 0 Å². The van der Waals surface area contributed by atoms with Gasteiger partial charge in [0.05, 0.1) is 5.57 Å². The molecule has 3 N–H and O–H groups in total. The SMILES string of the molecule is C/C(=C1/C(=O)Nc2ccc(O)cc21)c1ccc[nH]1. The Kier molecular flexibility index (Phi) is 2.23. The molecule has 0 atom stereocenters. The summed E-state index contributed by atoms with van der Waals surface area (Å²) < 4.78 is 0. The number of aromatic nitrogens is 1. The summed E-state index contributed by atoms with van der Waals surface area (Å²) in [5, 5.41) is 12.3. The highest BCUT2D eigenvalue weighted by atomic mass is 16.3. The molecule has 4 nitrogen and oxygen atoms in total. The van der Waals surface area contributed by atoms with Crippen molar-refractivity contribution in [3.63, 3.8) is 0 Å². The molecular weight excluding hydrogens is 228 g/mol. The number of aromatic amines is 1. The summed E-state index contributed by atoms with van der Waals surface area (Å²) in [4.78, 5) is 15.1. The number of benzene rings is 1. The van der Waals surface area contributed by atoms with E-state index in [1.54, 1.807) is 18.2 Å². The van der Waals surface area contributed by atoms with Crippen LogP contribution in [0.2, 0.25) is 0 Å². The summed E-state index contributed by atoms with van der Waals surface area (Å²) in [6, 6.07) is 8.67. The van der Waals surface area contributed by atoms with Crippen molar-refractivity contribution >= 4 is 22.7 Å². The van der Waals surface area contributed by atoms with E-state index in [1.807, 2.05) is 25.3 Å². The molecule has 0 unspecified atom stereocenters. The van der Waals surface area contributed by atoms with Crippen LogP contribution in [0, 0.1) is 0 Å². The first-order chi connectivity index (χ1) is 8.66. The second-order valence-electron chi connectivity index (χ2n) is 4.27. The molecular formula is C14H12N2O2. The van der Waals surface area contributed by atoms with Crippen LogP contribution < -0.4 is 5.32 Å². The minimum Gasteiger partial charge on any atom is -0.508 e. The van der Waals surface area contributed by atoms with E-state index in [2.05, 4.69) is 10.3 Å². The van der Waals surface area contributed by atoms with Crippen molar-refractivity contribution in [3.05, 3.63) is 47.8 Å². The molecule has 0 fully saturated rings. The molecule has 1 aliphatic rings. The molecule has 90 valence electrons. The second kappa shape index (κ2) is 3.77. The van der Waals surface area contributed by atoms with Gasteiger partial charge in [-0.15, -0.1) is 0 Å². The number of amides is 1. The topological polar surface area (TPSA) is 65.1 Å². The van der Waals surface area contributed by atoms with Gasteiger partial charge in [-0.2, -0.15) is 0 Å². The number of fused-ring (bicyclic) bond motifs is 1. The van der Waals surface area contributed by atoms with Gasteiger partial charge in [-0.1, -0.05) is 0 Å². The number of anilines is 1. The van der Waals surface area contributed by atoms with Crippen LogP contribution in [0.3, 0.4) is 0 Å². The van der Waals surface area contributed by atoms with Gasteiger partial charge in [0.1, 0.15) is 5.75 Å². The van der Waals surface area contributed by atoms with E-state index in [0.29, 0.717) is 5.57 Å². The third kappa shape index (κ3) is 1.50. The van der Waals surface area contributed by atoms with Gasteiger partial charge in [0.25, 0.3) is 5.91 Å². The highest BCUT2D eigenvalue weighted by molar-refractivity contribution is 6.36. The molecule has 4 heteroatoms. The van der Waals surface area contributed by atoms with Crippen molar-refractivity contribution in [3.8, 4) is 5.75 Å². The summed E-state index contributed by atoms with van der Waals surface area (Å²) in [6.07, 6.45) is 1.82. The van der Waals surface area contributed by atoms with Crippen molar-refractivity contribution in [2.24, 2.45) is 0 Å². The number of aromatic hydroxyl groups is 1. The lowest BCUT2D eigenvalue weighted by Crippen LogP contribution is -2.05. The van der Waals surface area contributed by atoms with E-state index in [1.165, 1.54) is 0 Å². The first-order valence-corrected chi connectivity index (χ1v) is 5.66. The Balaban J connectivity index is 2.23. The number of rotatable bonds is 1. The summed E-state index contributed by atoms with van der Waals surface area (Å²) in [5.41, 5.74) is 3.84. The van der Waals surface area contributed by atoms with E-state index in [9.17, 15) is 9.90 Å². The molecule has 18 heavy (non-hydrogen) atoms. The van der Waals surface area contributed by atoms with Crippen molar-refractivity contribution in [2.75, 3.05) is 5.32 Å². The summed E-state index contributed by atoms with van der Waals surface area (Å²) in [7, 11) is 0. The predicted molar refractivity (Wildman–Crippen MR) is 70.0 cm³/mol. The highest BCUT2D eigenvalue weighted by Crippen LogP contribution is 2.38. The van der Waals surface area contributed by atoms with Gasteiger partial charge in [-0.3, -0.25) is 4.79 Å². The first-order valence-electron chi connectivity index (χ1n) is 5.66. The zero-order valence-electron chi connectivity index (χ0n) is 9.82. The van der Waals surface area contributed by atoms with Gasteiger partial charge in [0.2, 0.25) is 0 Å². The van der Waals surface area contributed by atoms with Crippen LogP contribution in [0.5, 0.6) is 5.75 Å². The highest BCUT2D eigenvalue weighted by Gasteiger charge is 2.26. The maximum absolute atomic E-state index is 12.0. The van der Waals surface area contributed by atoms with Crippen molar-refractivity contribution in [1.29, 1.82) is 0 Å². The van der Waals surface area contributed by atoms with E-state index in [-0.39, 0.29) is 11.7 Å². The summed E-state index contributed by atoms with van der Waals surface area (Å²) in [5.74, 6) is 0.0183. The van der Waals surface area contributed by atoms with Crippen LogP contribution in [-0.4, -0.2) is 16.0 Å². The van der Waals surface area contributed by atoms with Crippen molar-refractivity contribution in [1.82, 2.24) is 4.98 Å². The van der Waals surface area contributed by atoms with Gasteiger partial charge in [-0.25, -0.2) is 0 Å². The number of H-pyrrole nitrogens is 1. The van der Waals surface area contributed by atoms with Crippen LogP contribution in [0.15, 0.2) is 36.5 Å². The van der Waals surface area contributed by atoms with Gasteiger partial charge in [0.15, 0.2) is 0 Å². The van der Waals surface area contributed by atoms with Crippen LogP contribution >= 0.6 is 0 Å². The second-order valence-corrected chi connectivity index (χ2v) is 4.27. The predicted octanol–water partition coefficient (Wildman–Crippen LogP) is 2.60. The van der Waals surface area contributed by atoms with Crippen LogP contribution in [0.25, 0.3) is 11.1 Å². The Hall–Kier alpha value is -2.49. The van der Waals surface area contributed by atoms with Gasteiger partial charge >= 0.3 is 0 Å². The molecule has 2 aromatic rings. The maximum Gasteiger partial charge on any atom is 0.256 e. The summed E-state index contributed by atoms with van der Waals surface area (Å²) in [6.45, 7) is 1.89. The lowest BCUT2D eigenvalue weighted by atomic mass is 10.00. The Bertz CT molecular complexity index is 654. The quantitative estimate of drug-likeness (QED) is 0.530. The van der Waals surface area contributed by atoms with Crippen LogP contribution in [0.4, 0.5) is 5.69 Å². The van der Waals surface area contributed by atoms with E-state index < -0.39 is 0 Å². The standard InChI is InChI=1S/C14H12N2O2/c1-8(11-3-2-6-15-11)13-10-7-9(17)4-5-12(10)16-14(13)18/h2-7,15,17H,1H3,(H,16,18)/b13-8-. The molecule has 0 bridgehead atoms. The molecule has 0 aliphatic carbocycles. The Morgan fingerprint density at radius 1 is 1.28 bits per heavy atom. The molecule has 0 spiro atoms. The number of carbonyl (C=O) groups is 1. The number of phenolic OH excluding ortho intramolecular Hbond substituents is 1. The molecule has 2 heterocycles. The molecule has 0 saturated carbocycles. The van der Waals surface area contributed by atoms with Gasteiger partial charge < -0.3 is 15.4 Å². The van der Waals surface area contributed by atoms with E-state index >= 15 is 0 Å². The zero-order chi connectivity index (χ0) is 12.7. The van der Waals surface area contributed by atoms with Crippen molar-refractivity contribution < 1.29 is 9.90 Å². The fourth-order valence-corrected chi connectivity index (χ4v) is 2.23. The number of nitrogens with one attached hydrogen (secondary N) is 2. The molecule has 3 rings (SSSR count). The van der Waals surface area contributed by atoms with E-state index in [0.717, 1.165) is 22.5 Å². The molecule has 0 saturated heterocycles. The van der Waals surface area contributed by atoms with Gasteiger partial charge in [-0.05, 0) is 42.8 Å². The Labute approximate surface area is 104 Å². The maximum atomic E-state index is 12.0. The third-order valence-corrected chi connectivity index (χ3v) is 3.12. The smallest absolute Gasteiger partial charge is 0.256 e. The average molecular weight is 240 g/mol. The van der Waals surface area contributed by atoms with Gasteiger partial charge in [0, 0.05) is 23.1 Å². The number of phenols is 1. The molecule has 1 aliphatic heterocycles. The first kappa shape index (κ1) is 10.7. The Morgan fingerprint density at radius 2 is 2.11 bits per heavy atom. The van der Waals surface area contributed by atoms with Crippen LogP contribution in [-0.2, 0) is 4.79 Å². The van der Waals surface area contributed by atoms with Crippen molar-refractivity contribution in [2.45, 2.75) is 6.92 Å². The molecule has 1 aromatic heterocycles. The molecule has 1 aromatic carbocycles. The zero-order valence-corrected chi connectivity index (χ0v) is 9.82. The minimum atomic E-state index is -0.136. The monoisotopic (exact) mass is 240 g/mol. The molecule has 1 amide bonds. The summed E-state index contributed by atoms with van der Waals surface area (Å²) >= 11 is 0.